The molecule has 1 aliphatic rings. The summed E-state index contributed by atoms with van der Waals surface area (Å²) in [5, 5.41) is 8.44. The number of carbonyl (C=O) groups excluding carboxylic acids is 1. The number of hydrogen-bond donors (Lipinski definition) is 1. The van der Waals surface area contributed by atoms with Crippen molar-refractivity contribution in [2.24, 2.45) is 0 Å². The van der Waals surface area contributed by atoms with Crippen LogP contribution in [-0.4, -0.2) is 42.0 Å². The normalized spacial score (nSPS) is 15.4. The summed E-state index contributed by atoms with van der Waals surface area (Å²) in [6, 6.07) is 11.4. The Morgan fingerprint density at radius 3 is 2.56 bits per heavy atom. The molecule has 1 aliphatic heterocycles. The number of thiazole rings is 1. The van der Waals surface area contributed by atoms with E-state index in [-0.39, 0.29) is 11.8 Å². The highest BCUT2D eigenvalue weighted by atomic mass is 32.1. The van der Waals surface area contributed by atoms with Gasteiger partial charge >= 0.3 is 0 Å². The van der Waals surface area contributed by atoms with Crippen LogP contribution in [0.4, 0.5) is 5.82 Å². The molecule has 1 N–H and O–H groups in total. The number of methoxy groups -OCH3 is 3. The summed E-state index contributed by atoms with van der Waals surface area (Å²) in [7, 11) is 4.88. The second kappa shape index (κ2) is 7.83. The number of nitrogens with zero attached hydrogens (tertiary/aromatic N) is 3. The maximum Gasteiger partial charge on any atom is 0.226 e. The highest BCUT2D eigenvalue weighted by Crippen LogP contribution is 2.44. The fourth-order valence-electron chi connectivity index (χ4n) is 4.17. The van der Waals surface area contributed by atoms with E-state index < -0.39 is 0 Å². The van der Waals surface area contributed by atoms with E-state index in [1.807, 2.05) is 43.3 Å². The van der Waals surface area contributed by atoms with Crippen molar-refractivity contribution < 1.29 is 19.0 Å². The first-order valence-corrected chi connectivity index (χ1v) is 10.9. The van der Waals surface area contributed by atoms with Crippen LogP contribution >= 0.6 is 11.3 Å². The Labute approximate surface area is 188 Å². The number of aryl methyl sites for hydroxylation is 1. The second-order valence-corrected chi connectivity index (χ2v) is 8.51. The molecule has 0 bridgehead atoms. The lowest BCUT2D eigenvalue weighted by atomic mass is 9.85. The van der Waals surface area contributed by atoms with Gasteiger partial charge in [0.25, 0.3) is 0 Å². The van der Waals surface area contributed by atoms with Gasteiger partial charge in [-0.05, 0) is 43.3 Å². The summed E-state index contributed by atoms with van der Waals surface area (Å²) in [5.41, 5.74) is 3.51. The maximum atomic E-state index is 12.8. The second-order valence-electron chi connectivity index (χ2n) is 7.50. The number of anilines is 1. The van der Waals surface area contributed by atoms with Gasteiger partial charge in [-0.1, -0.05) is 11.3 Å². The van der Waals surface area contributed by atoms with Crippen molar-refractivity contribution >= 4 is 33.3 Å². The van der Waals surface area contributed by atoms with Crippen molar-refractivity contribution in [1.82, 2.24) is 14.8 Å². The van der Waals surface area contributed by atoms with Crippen molar-refractivity contribution in [3.05, 3.63) is 53.2 Å². The Kier molecular flexibility index (Phi) is 4.97. The molecule has 4 aromatic rings. The van der Waals surface area contributed by atoms with Crippen LogP contribution in [0.1, 0.15) is 29.2 Å². The smallest absolute Gasteiger partial charge is 0.226 e. The number of carbonyl (C=O) groups is 1. The standard InChI is InChI=1S/C23H22N4O4S/c1-12-21-16(15-9-13(29-2)6-8-18(15)31-4)11-20(28)25-22(21)27(26-12)23-24-17-7-5-14(30-3)10-19(17)32-23/h5-10,16H,11H2,1-4H3,(H,25,28)/t16-/m0/s1. The molecule has 2 aromatic heterocycles. The number of hydrogen-bond acceptors (Lipinski definition) is 7. The van der Waals surface area contributed by atoms with Gasteiger partial charge in [-0.3, -0.25) is 4.79 Å². The molecule has 5 rings (SSSR count). The van der Waals surface area contributed by atoms with Crippen molar-refractivity contribution in [2.45, 2.75) is 19.3 Å². The maximum absolute atomic E-state index is 12.8. The SMILES string of the molecule is COc1ccc(OC)c([C@@H]2CC(=O)Nc3c2c(C)nn3-c2nc3ccc(OC)cc3s2)c1. The van der Waals surface area contributed by atoms with E-state index in [1.54, 1.807) is 26.0 Å². The van der Waals surface area contributed by atoms with Gasteiger partial charge in [-0.25, -0.2) is 4.98 Å². The first-order valence-electron chi connectivity index (χ1n) is 10.1. The van der Waals surface area contributed by atoms with E-state index in [1.165, 1.54) is 11.3 Å². The first-order chi connectivity index (χ1) is 15.5. The van der Waals surface area contributed by atoms with Gasteiger partial charge in [0.2, 0.25) is 11.0 Å². The number of rotatable bonds is 5. The number of benzene rings is 2. The Hall–Kier alpha value is -3.59. The molecule has 0 saturated carbocycles. The third-order valence-corrected chi connectivity index (χ3v) is 6.67. The minimum Gasteiger partial charge on any atom is -0.497 e. The van der Waals surface area contributed by atoms with Gasteiger partial charge in [0.1, 0.15) is 23.1 Å². The predicted molar refractivity (Wildman–Crippen MR) is 123 cm³/mol. The van der Waals surface area contributed by atoms with Gasteiger partial charge in [-0.2, -0.15) is 9.78 Å². The van der Waals surface area contributed by atoms with E-state index >= 15 is 0 Å². The molecule has 0 saturated heterocycles. The third kappa shape index (κ3) is 3.25. The van der Waals surface area contributed by atoms with E-state index in [4.69, 9.17) is 24.3 Å². The zero-order valence-corrected chi connectivity index (χ0v) is 18.9. The van der Waals surface area contributed by atoms with Crippen molar-refractivity contribution in [1.29, 1.82) is 0 Å². The van der Waals surface area contributed by atoms with Crippen LogP contribution in [-0.2, 0) is 4.79 Å². The molecule has 32 heavy (non-hydrogen) atoms. The lowest BCUT2D eigenvalue weighted by molar-refractivity contribution is -0.116. The van der Waals surface area contributed by atoms with Gasteiger partial charge in [0.15, 0.2) is 0 Å². The zero-order chi connectivity index (χ0) is 22.4. The summed E-state index contributed by atoms with van der Waals surface area (Å²) in [5.74, 6) is 2.52. The van der Waals surface area contributed by atoms with Gasteiger partial charge in [-0.15, -0.1) is 0 Å². The van der Waals surface area contributed by atoms with E-state index in [2.05, 4.69) is 5.32 Å². The highest BCUT2D eigenvalue weighted by molar-refractivity contribution is 7.20. The Morgan fingerprint density at radius 1 is 1.06 bits per heavy atom. The molecule has 1 amide bonds. The van der Waals surface area contributed by atoms with Crippen molar-refractivity contribution in [3.63, 3.8) is 0 Å². The van der Waals surface area contributed by atoms with Crippen LogP contribution in [0.5, 0.6) is 17.2 Å². The quantitative estimate of drug-likeness (QED) is 0.488. The fourth-order valence-corrected chi connectivity index (χ4v) is 5.13. The first kappa shape index (κ1) is 20.3. The number of ether oxygens (including phenoxy) is 3. The number of aromatic nitrogens is 3. The summed E-state index contributed by atoms with van der Waals surface area (Å²) < 4.78 is 19.1. The average Bonchev–Trinajstić information content (AvgIpc) is 3.38. The van der Waals surface area contributed by atoms with Gasteiger partial charge in [0, 0.05) is 23.5 Å². The van der Waals surface area contributed by atoms with Gasteiger partial charge in [0.05, 0.1) is 37.2 Å². The van der Waals surface area contributed by atoms with Gasteiger partial charge < -0.3 is 19.5 Å². The number of fused-ring (bicyclic) bond motifs is 2. The van der Waals surface area contributed by atoms with Crippen LogP contribution in [0.2, 0.25) is 0 Å². The molecule has 0 radical (unpaired) electrons. The highest BCUT2D eigenvalue weighted by Gasteiger charge is 2.35. The molecule has 1 atom stereocenters. The molecule has 2 aromatic carbocycles. The average molecular weight is 451 g/mol. The molecule has 0 fully saturated rings. The molecule has 8 nitrogen and oxygen atoms in total. The zero-order valence-electron chi connectivity index (χ0n) is 18.1. The Bertz CT molecular complexity index is 1340. The lowest BCUT2D eigenvalue weighted by Crippen LogP contribution is -2.25. The Morgan fingerprint density at radius 2 is 1.81 bits per heavy atom. The largest absolute Gasteiger partial charge is 0.497 e. The monoisotopic (exact) mass is 450 g/mol. The fraction of sp³-hybridized carbons (Fsp3) is 0.261. The summed E-state index contributed by atoms with van der Waals surface area (Å²) in [6.07, 6.45) is 0.292. The minimum atomic E-state index is -0.216. The number of nitrogens with one attached hydrogen (secondary N) is 1. The predicted octanol–water partition coefficient (Wildman–Crippen LogP) is 4.29. The molecule has 0 spiro atoms. The van der Waals surface area contributed by atoms with Crippen LogP contribution in [0.25, 0.3) is 15.3 Å². The van der Waals surface area contributed by atoms with Crippen LogP contribution in [0.15, 0.2) is 36.4 Å². The van der Waals surface area contributed by atoms with Crippen LogP contribution < -0.4 is 19.5 Å². The minimum absolute atomic E-state index is 0.0868. The number of amides is 1. The molecule has 0 aliphatic carbocycles. The molecular weight excluding hydrogens is 428 g/mol. The summed E-state index contributed by atoms with van der Waals surface area (Å²) in [4.78, 5) is 17.5. The molecule has 164 valence electrons. The lowest BCUT2D eigenvalue weighted by Gasteiger charge is -2.25. The van der Waals surface area contributed by atoms with Crippen molar-refractivity contribution in [2.75, 3.05) is 26.6 Å². The molecule has 9 heteroatoms. The van der Waals surface area contributed by atoms with E-state index in [9.17, 15) is 4.79 Å². The summed E-state index contributed by atoms with van der Waals surface area (Å²) in [6.45, 7) is 1.95. The molecular formula is C23H22N4O4S. The molecule has 0 unspecified atom stereocenters. The van der Waals surface area contributed by atoms with E-state index in [0.717, 1.165) is 32.8 Å². The van der Waals surface area contributed by atoms with Crippen molar-refractivity contribution in [3.8, 4) is 22.4 Å². The molecule has 3 heterocycles. The van der Waals surface area contributed by atoms with E-state index in [0.29, 0.717) is 28.9 Å². The topological polar surface area (TPSA) is 87.5 Å². The summed E-state index contributed by atoms with van der Waals surface area (Å²) >= 11 is 1.49. The van der Waals surface area contributed by atoms with Crippen LogP contribution in [0, 0.1) is 6.92 Å². The Balaban J connectivity index is 1.66. The van der Waals surface area contributed by atoms with Crippen LogP contribution in [0.3, 0.4) is 0 Å². The third-order valence-electron chi connectivity index (χ3n) is 5.68.